The van der Waals surface area contributed by atoms with E-state index >= 15 is 0 Å². The number of rotatable bonds is 4. The van der Waals surface area contributed by atoms with Gasteiger partial charge in [-0.25, -0.2) is 4.98 Å². The molecule has 0 aliphatic heterocycles. The number of nitrogens with one attached hydrogen (secondary N) is 1. The average molecular weight is 302 g/mol. The van der Waals surface area contributed by atoms with Gasteiger partial charge in [0.25, 0.3) is 0 Å². The van der Waals surface area contributed by atoms with Gasteiger partial charge in [-0.15, -0.1) is 11.3 Å². The van der Waals surface area contributed by atoms with Crippen molar-refractivity contribution >= 4 is 11.3 Å². The lowest BCUT2D eigenvalue weighted by molar-refractivity contribution is 0.499. The van der Waals surface area contributed by atoms with E-state index in [0.717, 1.165) is 5.01 Å². The van der Waals surface area contributed by atoms with Crippen molar-refractivity contribution in [2.45, 2.75) is 59.0 Å². The Hall–Kier alpha value is -1.19. The standard InChI is InChI=1S/C18H26N2S/c1-12(20-13(2)17-11-19-14(3)21-17)15-7-9-16(10-8-15)18(4,5)6/h7-13,20H,1-6H3. The monoisotopic (exact) mass is 302 g/mol. The Morgan fingerprint density at radius 1 is 1.05 bits per heavy atom. The fourth-order valence-electron chi connectivity index (χ4n) is 2.40. The van der Waals surface area contributed by atoms with Crippen LogP contribution < -0.4 is 5.32 Å². The number of hydrogen-bond acceptors (Lipinski definition) is 3. The maximum atomic E-state index is 4.33. The van der Waals surface area contributed by atoms with Crippen LogP contribution in [-0.4, -0.2) is 4.98 Å². The van der Waals surface area contributed by atoms with Gasteiger partial charge < -0.3 is 5.32 Å². The van der Waals surface area contributed by atoms with Gasteiger partial charge >= 0.3 is 0 Å². The summed E-state index contributed by atoms with van der Waals surface area (Å²) < 4.78 is 0. The van der Waals surface area contributed by atoms with Crippen molar-refractivity contribution in [3.05, 3.63) is 51.5 Å². The van der Waals surface area contributed by atoms with Gasteiger partial charge in [-0.05, 0) is 37.3 Å². The van der Waals surface area contributed by atoms with Gasteiger partial charge in [0.15, 0.2) is 0 Å². The van der Waals surface area contributed by atoms with Gasteiger partial charge in [0.1, 0.15) is 0 Å². The first kappa shape index (κ1) is 16.2. The van der Waals surface area contributed by atoms with Gasteiger partial charge in [0, 0.05) is 23.2 Å². The van der Waals surface area contributed by atoms with Gasteiger partial charge in [-0.2, -0.15) is 0 Å². The molecule has 3 heteroatoms. The summed E-state index contributed by atoms with van der Waals surface area (Å²) in [5.74, 6) is 0. The zero-order chi connectivity index (χ0) is 15.6. The van der Waals surface area contributed by atoms with Gasteiger partial charge in [0.2, 0.25) is 0 Å². The first-order valence-electron chi connectivity index (χ1n) is 7.56. The Balaban J connectivity index is 2.04. The smallest absolute Gasteiger partial charge is 0.0897 e. The zero-order valence-electron chi connectivity index (χ0n) is 13.9. The largest absolute Gasteiger partial charge is 0.303 e. The quantitative estimate of drug-likeness (QED) is 0.843. The molecule has 0 bridgehead atoms. The number of thiazole rings is 1. The second kappa shape index (κ2) is 6.29. The van der Waals surface area contributed by atoms with E-state index in [9.17, 15) is 0 Å². The zero-order valence-corrected chi connectivity index (χ0v) is 14.7. The summed E-state index contributed by atoms with van der Waals surface area (Å²) in [6.07, 6.45) is 1.98. The van der Waals surface area contributed by atoms with Crippen LogP contribution in [0.3, 0.4) is 0 Å². The summed E-state index contributed by atoms with van der Waals surface area (Å²) in [5, 5.41) is 4.78. The van der Waals surface area contributed by atoms with Gasteiger partial charge in [-0.1, -0.05) is 45.0 Å². The summed E-state index contributed by atoms with van der Waals surface area (Å²) in [6, 6.07) is 9.63. The second-order valence-electron chi connectivity index (χ2n) is 6.76. The fourth-order valence-corrected chi connectivity index (χ4v) is 3.20. The Morgan fingerprint density at radius 2 is 1.67 bits per heavy atom. The molecule has 1 heterocycles. The van der Waals surface area contributed by atoms with Crippen LogP contribution in [-0.2, 0) is 5.41 Å². The molecule has 21 heavy (non-hydrogen) atoms. The van der Waals surface area contributed by atoms with Crippen molar-refractivity contribution in [2.75, 3.05) is 0 Å². The van der Waals surface area contributed by atoms with E-state index in [0.29, 0.717) is 12.1 Å². The first-order valence-corrected chi connectivity index (χ1v) is 8.38. The van der Waals surface area contributed by atoms with Gasteiger partial charge in [0.05, 0.1) is 5.01 Å². The topological polar surface area (TPSA) is 24.9 Å². The predicted molar refractivity (Wildman–Crippen MR) is 92.0 cm³/mol. The number of aryl methyl sites for hydroxylation is 1. The van der Waals surface area contributed by atoms with E-state index in [1.54, 1.807) is 11.3 Å². The number of nitrogens with zero attached hydrogens (tertiary/aromatic N) is 1. The van der Waals surface area contributed by atoms with Crippen LogP contribution in [0.2, 0.25) is 0 Å². The SMILES string of the molecule is Cc1ncc(C(C)NC(C)c2ccc(C(C)(C)C)cc2)s1. The van der Waals surface area contributed by atoms with Crippen molar-refractivity contribution in [1.82, 2.24) is 10.3 Å². The van der Waals surface area contributed by atoms with Crippen LogP contribution in [0.15, 0.2) is 30.5 Å². The van der Waals surface area contributed by atoms with E-state index in [1.807, 2.05) is 6.20 Å². The third-order valence-electron chi connectivity index (χ3n) is 3.84. The Kier molecular flexibility index (Phi) is 4.84. The van der Waals surface area contributed by atoms with E-state index in [1.165, 1.54) is 16.0 Å². The minimum absolute atomic E-state index is 0.211. The van der Waals surface area contributed by atoms with Crippen LogP contribution in [0.25, 0.3) is 0 Å². The minimum Gasteiger partial charge on any atom is -0.303 e. The molecule has 0 amide bonds. The van der Waals surface area contributed by atoms with Crippen molar-refractivity contribution in [3.8, 4) is 0 Å². The summed E-state index contributed by atoms with van der Waals surface area (Å²) in [4.78, 5) is 5.63. The molecule has 0 fully saturated rings. The van der Waals surface area contributed by atoms with Crippen molar-refractivity contribution < 1.29 is 0 Å². The third kappa shape index (κ3) is 4.14. The highest BCUT2D eigenvalue weighted by Gasteiger charge is 2.16. The lowest BCUT2D eigenvalue weighted by atomic mass is 9.86. The molecule has 2 atom stereocenters. The van der Waals surface area contributed by atoms with Crippen LogP contribution in [0.4, 0.5) is 0 Å². The highest BCUT2D eigenvalue weighted by Crippen LogP contribution is 2.26. The van der Waals surface area contributed by atoms with Crippen molar-refractivity contribution in [3.63, 3.8) is 0 Å². The van der Waals surface area contributed by atoms with Crippen molar-refractivity contribution in [1.29, 1.82) is 0 Å². The summed E-state index contributed by atoms with van der Waals surface area (Å²) in [6.45, 7) is 13.2. The Bertz CT molecular complexity index is 578. The molecular formula is C18H26N2S. The molecule has 2 unspecified atom stereocenters. The number of benzene rings is 1. The lowest BCUT2D eigenvalue weighted by Gasteiger charge is -2.22. The minimum atomic E-state index is 0.211. The molecule has 2 nitrogen and oxygen atoms in total. The molecule has 1 N–H and O–H groups in total. The number of hydrogen-bond donors (Lipinski definition) is 1. The van der Waals surface area contributed by atoms with Gasteiger partial charge in [-0.3, -0.25) is 0 Å². The maximum Gasteiger partial charge on any atom is 0.0897 e. The van der Waals surface area contributed by atoms with Crippen LogP contribution >= 0.6 is 11.3 Å². The first-order chi connectivity index (χ1) is 9.77. The molecule has 2 aromatic rings. The molecule has 1 aromatic heterocycles. The molecule has 0 spiro atoms. The van der Waals surface area contributed by atoms with E-state index in [2.05, 4.69) is 76.1 Å². The summed E-state index contributed by atoms with van der Waals surface area (Å²) in [5.41, 5.74) is 2.92. The molecule has 0 aliphatic carbocycles. The van der Waals surface area contributed by atoms with Crippen LogP contribution in [0.1, 0.15) is 67.7 Å². The third-order valence-corrected chi connectivity index (χ3v) is 4.94. The Labute approximate surface area is 132 Å². The van der Waals surface area contributed by atoms with Crippen molar-refractivity contribution in [2.24, 2.45) is 0 Å². The maximum absolute atomic E-state index is 4.33. The Morgan fingerprint density at radius 3 is 2.14 bits per heavy atom. The highest BCUT2D eigenvalue weighted by atomic mass is 32.1. The lowest BCUT2D eigenvalue weighted by Crippen LogP contribution is -2.22. The number of aromatic nitrogens is 1. The molecular weight excluding hydrogens is 276 g/mol. The van der Waals surface area contributed by atoms with E-state index in [-0.39, 0.29) is 5.41 Å². The normalized spacial score (nSPS) is 15.0. The fraction of sp³-hybridized carbons (Fsp3) is 0.500. The highest BCUT2D eigenvalue weighted by molar-refractivity contribution is 7.11. The molecule has 0 saturated carbocycles. The van der Waals surface area contributed by atoms with Crippen LogP contribution in [0.5, 0.6) is 0 Å². The predicted octanol–water partition coefficient (Wildman–Crippen LogP) is 5.16. The van der Waals surface area contributed by atoms with E-state index in [4.69, 9.17) is 0 Å². The molecule has 2 rings (SSSR count). The molecule has 114 valence electrons. The van der Waals surface area contributed by atoms with E-state index < -0.39 is 0 Å². The molecule has 0 saturated heterocycles. The summed E-state index contributed by atoms with van der Waals surface area (Å²) >= 11 is 1.77. The summed E-state index contributed by atoms with van der Waals surface area (Å²) in [7, 11) is 0. The van der Waals surface area contributed by atoms with Crippen LogP contribution in [0, 0.1) is 6.92 Å². The molecule has 0 radical (unpaired) electrons. The average Bonchev–Trinajstić information content (AvgIpc) is 2.84. The second-order valence-corrected chi connectivity index (χ2v) is 8.03. The molecule has 0 aliphatic rings. The molecule has 1 aromatic carbocycles.